The molecule has 0 bridgehead atoms. The number of rotatable bonds is 6. The first-order chi connectivity index (χ1) is 8.79. The van der Waals surface area contributed by atoms with Gasteiger partial charge in [0.25, 0.3) is 0 Å². The Bertz CT molecular complexity index is 502. The van der Waals surface area contributed by atoms with E-state index in [9.17, 15) is 4.79 Å². The van der Waals surface area contributed by atoms with Crippen LogP contribution in [-0.2, 0) is 6.42 Å². The molecule has 0 aliphatic heterocycles. The van der Waals surface area contributed by atoms with Crippen LogP contribution < -0.4 is 0 Å². The first-order valence-electron chi connectivity index (χ1n) is 6.09. The van der Waals surface area contributed by atoms with Gasteiger partial charge in [-0.3, -0.25) is 4.79 Å². The molecular formula is C15H16OS2. The summed E-state index contributed by atoms with van der Waals surface area (Å²) in [7, 11) is 0. The molecule has 0 N–H and O–H groups in total. The minimum Gasteiger partial charge on any atom is -0.294 e. The Balaban J connectivity index is 1.80. The van der Waals surface area contributed by atoms with Crippen molar-refractivity contribution in [2.75, 3.05) is 5.75 Å². The fraction of sp³-hybridized carbons (Fsp3) is 0.267. The highest BCUT2D eigenvalue weighted by Gasteiger charge is 2.06. The Morgan fingerprint density at radius 2 is 1.94 bits per heavy atom. The lowest BCUT2D eigenvalue weighted by molar-refractivity contribution is 0.0989. The van der Waals surface area contributed by atoms with Crippen molar-refractivity contribution in [2.45, 2.75) is 24.0 Å². The first-order valence-corrected chi connectivity index (χ1v) is 7.89. The molecule has 0 aliphatic rings. The Morgan fingerprint density at radius 1 is 1.17 bits per heavy atom. The predicted octanol–water partition coefficient (Wildman–Crippen LogP) is 4.68. The van der Waals surface area contributed by atoms with E-state index in [0.717, 1.165) is 17.7 Å². The molecule has 1 aromatic heterocycles. The lowest BCUT2D eigenvalue weighted by Crippen LogP contribution is -1.99. The van der Waals surface area contributed by atoms with E-state index in [1.54, 1.807) is 11.8 Å². The number of ketones is 1. The minimum atomic E-state index is 0.232. The zero-order valence-electron chi connectivity index (χ0n) is 10.4. The highest BCUT2D eigenvalue weighted by molar-refractivity contribution is 8.01. The molecular weight excluding hydrogens is 260 g/mol. The van der Waals surface area contributed by atoms with Crippen molar-refractivity contribution < 1.29 is 4.79 Å². The largest absolute Gasteiger partial charge is 0.294 e. The average Bonchev–Trinajstić information content (AvgIpc) is 2.87. The summed E-state index contributed by atoms with van der Waals surface area (Å²) >= 11 is 3.61. The second-order valence-corrected chi connectivity index (χ2v) is 6.53. The maximum Gasteiger partial charge on any atom is 0.163 e. The molecule has 2 rings (SSSR count). The third kappa shape index (κ3) is 3.72. The molecule has 0 saturated heterocycles. The molecule has 0 amide bonds. The van der Waals surface area contributed by atoms with Crippen LogP contribution in [0.4, 0.5) is 0 Å². The van der Waals surface area contributed by atoms with Crippen molar-refractivity contribution in [3.05, 3.63) is 52.9 Å². The van der Waals surface area contributed by atoms with Crippen LogP contribution in [0, 0.1) is 0 Å². The highest BCUT2D eigenvalue weighted by atomic mass is 32.2. The van der Waals surface area contributed by atoms with Gasteiger partial charge in [0.1, 0.15) is 0 Å². The average molecular weight is 276 g/mol. The summed E-state index contributed by atoms with van der Waals surface area (Å²) in [4.78, 5) is 13.3. The van der Waals surface area contributed by atoms with Gasteiger partial charge < -0.3 is 0 Å². The molecule has 0 spiro atoms. The second-order valence-electron chi connectivity index (χ2n) is 3.96. The van der Waals surface area contributed by atoms with Crippen LogP contribution >= 0.6 is 23.1 Å². The summed E-state index contributed by atoms with van der Waals surface area (Å²) in [5.74, 6) is 1.09. The van der Waals surface area contributed by atoms with Crippen molar-refractivity contribution >= 4 is 28.9 Å². The first kappa shape index (κ1) is 13.4. The van der Waals surface area contributed by atoms with Gasteiger partial charge in [0, 0.05) is 22.6 Å². The van der Waals surface area contributed by atoms with Crippen molar-refractivity contribution in [2.24, 2.45) is 0 Å². The van der Waals surface area contributed by atoms with Crippen LogP contribution in [0.1, 0.15) is 28.6 Å². The van der Waals surface area contributed by atoms with Crippen molar-refractivity contribution in [1.29, 1.82) is 0 Å². The maximum atomic E-state index is 11.9. The van der Waals surface area contributed by atoms with Gasteiger partial charge in [0.05, 0.1) is 4.21 Å². The molecule has 1 heterocycles. The van der Waals surface area contributed by atoms with E-state index in [-0.39, 0.29) is 5.78 Å². The lowest BCUT2D eigenvalue weighted by Gasteiger charge is -2.00. The molecule has 1 aromatic carbocycles. The van der Waals surface area contributed by atoms with Crippen LogP contribution in [0.15, 0.2) is 46.7 Å². The van der Waals surface area contributed by atoms with Crippen LogP contribution in [0.2, 0.25) is 0 Å². The molecule has 2 aromatic rings. The zero-order chi connectivity index (χ0) is 12.8. The number of benzene rings is 1. The third-order valence-corrected chi connectivity index (χ3v) is 5.11. The number of hydrogen-bond donors (Lipinski definition) is 0. The summed E-state index contributed by atoms with van der Waals surface area (Å²) in [6.07, 6.45) is 1.70. The van der Waals surface area contributed by atoms with Gasteiger partial charge in [-0.15, -0.1) is 23.1 Å². The fourth-order valence-electron chi connectivity index (χ4n) is 1.64. The quantitative estimate of drug-likeness (QED) is 0.563. The molecule has 18 heavy (non-hydrogen) atoms. The van der Waals surface area contributed by atoms with Gasteiger partial charge in [0.15, 0.2) is 5.78 Å². The van der Waals surface area contributed by atoms with E-state index in [4.69, 9.17) is 0 Å². The van der Waals surface area contributed by atoms with Crippen molar-refractivity contribution in [3.8, 4) is 0 Å². The van der Waals surface area contributed by atoms with Gasteiger partial charge in [-0.2, -0.15) is 0 Å². The van der Waals surface area contributed by atoms with Gasteiger partial charge >= 0.3 is 0 Å². The SMILES string of the molecule is CCc1ccc(SCCC(=O)c2ccccc2)s1. The van der Waals surface area contributed by atoms with E-state index in [1.165, 1.54) is 9.09 Å². The molecule has 0 atom stereocenters. The van der Waals surface area contributed by atoms with Crippen LogP contribution in [0.5, 0.6) is 0 Å². The number of carbonyl (C=O) groups is 1. The minimum absolute atomic E-state index is 0.232. The topological polar surface area (TPSA) is 17.1 Å². The Labute approximate surface area is 116 Å². The van der Waals surface area contributed by atoms with Crippen LogP contribution in [0.25, 0.3) is 0 Å². The van der Waals surface area contributed by atoms with Gasteiger partial charge in [-0.25, -0.2) is 0 Å². The molecule has 3 heteroatoms. The molecule has 0 fully saturated rings. The number of carbonyl (C=O) groups excluding carboxylic acids is 1. The number of hydrogen-bond acceptors (Lipinski definition) is 3. The molecule has 1 nitrogen and oxygen atoms in total. The zero-order valence-corrected chi connectivity index (χ0v) is 12.0. The Hall–Kier alpha value is -1.06. The molecule has 0 aliphatic carbocycles. The standard InChI is InChI=1S/C15H16OS2/c1-2-13-8-9-15(18-13)17-11-10-14(16)12-6-4-3-5-7-12/h3-9H,2,10-11H2,1H3. The molecule has 94 valence electrons. The van der Waals surface area contributed by atoms with Crippen molar-refractivity contribution in [1.82, 2.24) is 0 Å². The van der Waals surface area contributed by atoms with Gasteiger partial charge in [-0.05, 0) is 18.6 Å². The Kier molecular flexibility index (Phi) is 5.02. The monoisotopic (exact) mass is 276 g/mol. The van der Waals surface area contributed by atoms with E-state index >= 15 is 0 Å². The summed E-state index contributed by atoms with van der Waals surface area (Å²) in [5, 5.41) is 0. The molecule has 0 saturated carbocycles. The van der Waals surface area contributed by atoms with Crippen LogP contribution in [-0.4, -0.2) is 11.5 Å². The maximum absolute atomic E-state index is 11.9. The number of thioether (sulfide) groups is 1. The second kappa shape index (κ2) is 6.76. The van der Waals surface area contributed by atoms with E-state index in [0.29, 0.717) is 6.42 Å². The highest BCUT2D eigenvalue weighted by Crippen LogP contribution is 2.28. The summed E-state index contributed by atoms with van der Waals surface area (Å²) in [6, 6.07) is 13.8. The summed E-state index contributed by atoms with van der Waals surface area (Å²) in [5.41, 5.74) is 0.818. The van der Waals surface area contributed by atoms with Crippen molar-refractivity contribution in [3.63, 3.8) is 0 Å². The predicted molar refractivity (Wildman–Crippen MR) is 79.8 cm³/mol. The van der Waals surface area contributed by atoms with E-state index in [1.807, 2.05) is 41.7 Å². The number of Topliss-reactive ketones (excluding diaryl/α,β-unsaturated/α-hetero) is 1. The number of thiophene rings is 1. The van der Waals surface area contributed by atoms with Gasteiger partial charge in [0.2, 0.25) is 0 Å². The van der Waals surface area contributed by atoms with Crippen LogP contribution in [0.3, 0.4) is 0 Å². The van der Waals surface area contributed by atoms with Gasteiger partial charge in [-0.1, -0.05) is 37.3 Å². The number of aryl methyl sites for hydroxylation is 1. The summed E-state index contributed by atoms with van der Waals surface area (Å²) in [6.45, 7) is 2.17. The molecule has 0 radical (unpaired) electrons. The Morgan fingerprint density at radius 3 is 2.61 bits per heavy atom. The van der Waals surface area contributed by atoms with E-state index in [2.05, 4.69) is 19.1 Å². The fourth-order valence-corrected chi connectivity index (χ4v) is 3.77. The third-order valence-electron chi connectivity index (χ3n) is 2.65. The lowest BCUT2D eigenvalue weighted by atomic mass is 10.1. The van der Waals surface area contributed by atoms with E-state index < -0.39 is 0 Å². The molecule has 0 unspecified atom stereocenters. The smallest absolute Gasteiger partial charge is 0.163 e. The summed E-state index contributed by atoms with van der Waals surface area (Å²) < 4.78 is 1.31. The normalized spacial score (nSPS) is 10.5.